The lowest BCUT2D eigenvalue weighted by atomic mass is 10.1. The first-order valence-electron chi connectivity index (χ1n) is 11.2. The van der Waals surface area contributed by atoms with Crippen LogP contribution >= 0.6 is 0 Å². The zero-order valence-electron chi connectivity index (χ0n) is 19.2. The molecule has 0 aromatic heterocycles. The van der Waals surface area contributed by atoms with E-state index in [9.17, 15) is 4.79 Å². The molecule has 1 saturated heterocycles. The van der Waals surface area contributed by atoms with E-state index in [1.54, 1.807) is 14.2 Å². The highest BCUT2D eigenvalue weighted by molar-refractivity contribution is 5.94. The fraction of sp³-hybridized carbons (Fsp3) is 0.440. The molecule has 0 saturated carbocycles. The Labute approximate surface area is 190 Å². The minimum Gasteiger partial charge on any atom is -0.496 e. The van der Waals surface area contributed by atoms with E-state index < -0.39 is 0 Å². The van der Waals surface area contributed by atoms with Gasteiger partial charge in [-0.05, 0) is 55.5 Å². The average Bonchev–Trinajstić information content (AvgIpc) is 3.34. The molecule has 172 valence electrons. The molecule has 3 N–H and O–H groups in total. The molecule has 3 rings (SSSR count). The number of aliphatic imine (C=N–C) groups is 1. The number of methoxy groups -OCH3 is 1. The monoisotopic (exact) mass is 438 g/mol. The van der Waals surface area contributed by atoms with Crippen LogP contribution in [0.4, 0.5) is 0 Å². The third-order valence-corrected chi connectivity index (χ3v) is 5.51. The van der Waals surface area contributed by atoms with Crippen LogP contribution in [0.2, 0.25) is 0 Å². The van der Waals surface area contributed by atoms with Gasteiger partial charge in [0.15, 0.2) is 5.96 Å². The number of ether oxygens (including phenoxy) is 2. The van der Waals surface area contributed by atoms with Crippen molar-refractivity contribution in [2.24, 2.45) is 4.99 Å². The summed E-state index contributed by atoms with van der Waals surface area (Å²) in [5, 5.41) is 9.62. The number of hydrogen-bond acceptors (Lipinski definition) is 4. The minimum absolute atomic E-state index is 0.0723. The number of carbonyl (C=O) groups excluding carboxylic acids is 1. The normalized spacial score (nSPS) is 16.0. The van der Waals surface area contributed by atoms with E-state index in [0.29, 0.717) is 24.6 Å². The maximum Gasteiger partial charge on any atom is 0.251 e. The largest absolute Gasteiger partial charge is 0.496 e. The second-order valence-electron chi connectivity index (χ2n) is 7.96. The van der Waals surface area contributed by atoms with Crippen LogP contribution in [0.5, 0.6) is 5.75 Å². The predicted octanol–water partition coefficient (Wildman–Crippen LogP) is 2.82. The van der Waals surface area contributed by atoms with Crippen molar-refractivity contribution in [3.05, 3.63) is 64.7 Å². The summed E-state index contributed by atoms with van der Waals surface area (Å²) in [6.45, 7) is 4.72. The van der Waals surface area contributed by atoms with E-state index in [1.165, 1.54) is 5.56 Å². The van der Waals surface area contributed by atoms with Gasteiger partial charge in [-0.15, -0.1) is 0 Å². The van der Waals surface area contributed by atoms with Gasteiger partial charge in [-0.25, -0.2) is 0 Å². The van der Waals surface area contributed by atoms with Gasteiger partial charge in [-0.3, -0.25) is 9.79 Å². The number of amides is 1. The van der Waals surface area contributed by atoms with Gasteiger partial charge >= 0.3 is 0 Å². The van der Waals surface area contributed by atoms with Gasteiger partial charge in [0.05, 0.1) is 13.2 Å². The number of aryl methyl sites for hydroxylation is 1. The van der Waals surface area contributed by atoms with Gasteiger partial charge in [0, 0.05) is 38.9 Å². The van der Waals surface area contributed by atoms with Gasteiger partial charge in [0.2, 0.25) is 0 Å². The summed E-state index contributed by atoms with van der Waals surface area (Å²) in [6, 6.07) is 13.8. The topological polar surface area (TPSA) is 84.0 Å². The van der Waals surface area contributed by atoms with Crippen LogP contribution in [0, 0.1) is 6.92 Å². The van der Waals surface area contributed by atoms with Gasteiger partial charge in [-0.1, -0.05) is 29.8 Å². The van der Waals surface area contributed by atoms with E-state index >= 15 is 0 Å². The Morgan fingerprint density at radius 1 is 1.19 bits per heavy atom. The summed E-state index contributed by atoms with van der Waals surface area (Å²) >= 11 is 0. The number of guanidine groups is 1. The second-order valence-corrected chi connectivity index (χ2v) is 7.96. The molecule has 0 bridgehead atoms. The highest BCUT2D eigenvalue weighted by Crippen LogP contribution is 2.19. The quantitative estimate of drug-likeness (QED) is 0.414. The van der Waals surface area contributed by atoms with Crippen molar-refractivity contribution in [3.8, 4) is 5.75 Å². The minimum atomic E-state index is -0.0723. The number of benzene rings is 2. The number of nitrogens with one attached hydrogen (secondary N) is 3. The summed E-state index contributed by atoms with van der Waals surface area (Å²) in [4.78, 5) is 16.8. The Kier molecular flexibility index (Phi) is 8.92. The first kappa shape index (κ1) is 23.6. The van der Waals surface area contributed by atoms with Crippen LogP contribution < -0.4 is 20.7 Å². The van der Waals surface area contributed by atoms with Gasteiger partial charge in [0.25, 0.3) is 5.91 Å². The van der Waals surface area contributed by atoms with Crippen LogP contribution in [0.15, 0.2) is 47.5 Å². The zero-order valence-corrected chi connectivity index (χ0v) is 19.2. The second kappa shape index (κ2) is 12.1. The fourth-order valence-electron chi connectivity index (χ4n) is 3.76. The molecule has 2 aromatic carbocycles. The third kappa shape index (κ3) is 6.99. The molecule has 0 aliphatic carbocycles. The summed E-state index contributed by atoms with van der Waals surface area (Å²) < 4.78 is 11.0. The molecule has 7 nitrogen and oxygen atoms in total. The lowest BCUT2D eigenvalue weighted by molar-refractivity contribution is 0.0857. The lowest BCUT2D eigenvalue weighted by Crippen LogP contribution is -2.38. The van der Waals surface area contributed by atoms with Gasteiger partial charge < -0.3 is 25.4 Å². The molecule has 1 fully saturated rings. The van der Waals surface area contributed by atoms with Crippen LogP contribution in [-0.4, -0.2) is 51.8 Å². The molecule has 1 amide bonds. The smallest absolute Gasteiger partial charge is 0.251 e. The summed E-state index contributed by atoms with van der Waals surface area (Å²) in [7, 11) is 3.44. The van der Waals surface area contributed by atoms with E-state index in [2.05, 4.69) is 33.9 Å². The Bertz CT molecular complexity index is 923. The van der Waals surface area contributed by atoms with Crippen molar-refractivity contribution in [1.82, 2.24) is 16.0 Å². The maximum absolute atomic E-state index is 12.5. The molecule has 1 aliphatic heterocycles. The van der Waals surface area contributed by atoms with Crippen molar-refractivity contribution in [3.63, 3.8) is 0 Å². The van der Waals surface area contributed by atoms with Crippen molar-refractivity contribution in [2.75, 3.05) is 33.9 Å². The van der Waals surface area contributed by atoms with E-state index in [0.717, 1.165) is 49.3 Å². The highest BCUT2D eigenvalue weighted by atomic mass is 16.5. The summed E-state index contributed by atoms with van der Waals surface area (Å²) in [5.74, 6) is 1.54. The first-order valence-corrected chi connectivity index (χ1v) is 11.2. The molecule has 0 radical (unpaired) electrons. The summed E-state index contributed by atoms with van der Waals surface area (Å²) in [6.07, 6.45) is 3.03. The SMILES string of the molecule is CN=C(NCCc1cc(C)ccc1OC)NCc1cccc(C(=O)NCC2CCCO2)c1. The van der Waals surface area contributed by atoms with E-state index in [-0.39, 0.29) is 12.0 Å². The molecule has 0 spiro atoms. The zero-order chi connectivity index (χ0) is 22.8. The Balaban J connectivity index is 1.46. The molecule has 1 aliphatic rings. The van der Waals surface area contributed by atoms with Gasteiger partial charge in [-0.2, -0.15) is 0 Å². The molecule has 1 heterocycles. The van der Waals surface area contributed by atoms with E-state index in [4.69, 9.17) is 9.47 Å². The molecular weight excluding hydrogens is 404 g/mol. The molecule has 7 heteroatoms. The Morgan fingerprint density at radius 3 is 2.81 bits per heavy atom. The third-order valence-electron chi connectivity index (χ3n) is 5.51. The van der Waals surface area contributed by atoms with Crippen molar-refractivity contribution < 1.29 is 14.3 Å². The molecule has 1 unspecified atom stereocenters. The molecular formula is C25H34N4O3. The predicted molar refractivity (Wildman–Crippen MR) is 127 cm³/mol. The summed E-state index contributed by atoms with van der Waals surface area (Å²) in [5.41, 5.74) is 4.04. The van der Waals surface area contributed by atoms with Crippen LogP contribution in [0.25, 0.3) is 0 Å². The average molecular weight is 439 g/mol. The van der Waals surface area contributed by atoms with Crippen molar-refractivity contribution in [1.29, 1.82) is 0 Å². The molecule has 2 aromatic rings. The first-order chi connectivity index (χ1) is 15.6. The fourth-order valence-corrected chi connectivity index (χ4v) is 3.76. The Morgan fingerprint density at radius 2 is 2.06 bits per heavy atom. The van der Waals surface area contributed by atoms with Crippen molar-refractivity contribution >= 4 is 11.9 Å². The van der Waals surface area contributed by atoms with Crippen molar-refractivity contribution in [2.45, 2.75) is 38.8 Å². The Hall–Kier alpha value is -3.06. The maximum atomic E-state index is 12.5. The van der Waals surface area contributed by atoms with Crippen LogP contribution in [-0.2, 0) is 17.7 Å². The number of nitrogens with zero attached hydrogens (tertiary/aromatic N) is 1. The molecule has 1 atom stereocenters. The van der Waals surface area contributed by atoms with E-state index in [1.807, 2.05) is 36.4 Å². The number of carbonyl (C=O) groups is 1. The number of rotatable bonds is 9. The van der Waals surface area contributed by atoms with Crippen LogP contribution in [0.1, 0.15) is 39.9 Å². The number of hydrogen-bond donors (Lipinski definition) is 3. The highest BCUT2D eigenvalue weighted by Gasteiger charge is 2.16. The molecule has 32 heavy (non-hydrogen) atoms. The van der Waals surface area contributed by atoms with Crippen LogP contribution in [0.3, 0.4) is 0 Å². The van der Waals surface area contributed by atoms with Gasteiger partial charge in [0.1, 0.15) is 5.75 Å². The standard InChI is InChI=1S/C25H34N4O3/c1-18-9-10-23(31-3)20(14-18)11-12-27-25(26-2)29-16-19-6-4-7-21(15-19)24(30)28-17-22-8-5-13-32-22/h4,6-7,9-10,14-15,22H,5,8,11-13,16-17H2,1-3H3,(H,28,30)(H2,26,27,29). The lowest BCUT2D eigenvalue weighted by Gasteiger charge is -2.14.